The van der Waals surface area contributed by atoms with E-state index in [0.29, 0.717) is 0 Å². The third kappa shape index (κ3) is 2.85. The van der Waals surface area contributed by atoms with Gasteiger partial charge in [0.25, 0.3) is 0 Å². The summed E-state index contributed by atoms with van der Waals surface area (Å²) in [6.45, 7) is 1.97. The smallest absolute Gasteiger partial charge is 0.124 e. The highest BCUT2D eigenvalue weighted by atomic mass is 32.2. The molecule has 0 fully saturated rings. The number of aliphatic hydroxyl groups is 1. The third-order valence-corrected chi connectivity index (χ3v) is 2.57. The summed E-state index contributed by atoms with van der Waals surface area (Å²) in [6.07, 6.45) is 0. The van der Waals surface area contributed by atoms with Gasteiger partial charge in [0.1, 0.15) is 4.93 Å². The number of hydrogen-bond donors (Lipinski definition) is 2. The quantitative estimate of drug-likeness (QED) is 0.550. The molecule has 0 aliphatic rings. The first-order valence-corrected chi connectivity index (χ1v) is 4.62. The minimum Gasteiger partial charge on any atom is -0.378 e. The largest absolute Gasteiger partial charge is 0.378 e. The van der Waals surface area contributed by atoms with Gasteiger partial charge in [0.2, 0.25) is 0 Å². The van der Waals surface area contributed by atoms with Crippen LogP contribution in [0.15, 0.2) is 35.2 Å². The van der Waals surface area contributed by atoms with Crippen LogP contribution in [0.25, 0.3) is 0 Å². The van der Waals surface area contributed by atoms with Gasteiger partial charge in [-0.05, 0) is 19.1 Å². The Morgan fingerprint density at radius 2 is 2.00 bits per heavy atom. The Kier molecular flexibility index (Phi) is 3.14. The highest BCUT2D eigenvalue weighted by Gasteiger charge is 2.18. The molecule has 0 heterocycles. The van der Waals surface area contributed by atoms with Crippen LogP contribution in [0.1, 0.15) is 6.92 Å². The Bertz CT molecular complexity index is 236. The van der Waals surface area contributed by atoms with Gasteiger partial charge in [-0.1, -0.05) is 30.0 Å². The van der Waals surface area contributed by atoms with Gasteiger partial charge in [0.05, 0.1) is 0 Å². The molecule has 0 aromatic heterocycles. The van der Waals surface area contributed by atoms with Crippen molar-refractivity contribution in [3.8, 4) is 0 Å². The van der Waals surface area contributed by atoms with Crippen LogP contribution < -0.4 is 5.73 Å². The van der Waals surface area contributed by atoms with E-state index in [9.17, 15) is 5.11 Å². The topological polar surface area (TPSA) is 46.2 Å². The number of thioether (sulfide) groups is 1. The summed E-state index contributed by atoms with van der Waals surface area (Å²) in [5.74, 6) is 0. The zero-order valence-electron chi connectivity index (χ0n) is 7.03. The van der Waals surface area contributed by atoms with E-state index in [-0.39, 0.29) is 6.54 Å². The van der Waals surface area contributed by atoms with Gasteiger partial charge in [0, 0.05) is 11.4 Å². The van der Waals surface area contributed by atoms with E-state index < -0.39 is 4.93 Å². The van der Waals surface area contributed by atoms with Crippen molar-refractivity contribution in [3.05, 3.63) is 30.3 Å². The minimum atomic E-state index is -0.860. The van der Waals surface area contributed by atoms with Crippen molar-refractivity contribution >= 4 is 11.8 Å². The summed E-state index contributed by atoms with van der Waals surface area (Å²) in [7, 11) is 0. The molecule has 1 rings (SSSR count). The van der Waals surface area contributed by atoms with Gasteiger partial charge in [-0.25, -0.2) is 0 Å². The molecule has 0 aliphatic carbocycles. The number of benzene rings is 1. The summed E-state index contributed by atoms with van der Waals surface area (Å²) in [5.41, 5.74) is 5.38. The van der Waals surface area contributed by atoms with Crippen molar-refractivity contribution in [1.29, 1.82) is 0 Å². The summed E-state index contributed by atoms with van der Waals surface area (Å²) < 4.78 is 0. The highest BCUT2D eigenvalue weighted by molar-refractivity contribution is 8.00. The van der Waals surface area contributed by atoms with E-state index >= 15 is 0 Å². The van der Waals surface area contributed by atoms with Crippen molar-refractivity contribution in [2.24, 2.45) is 5.73 Å². The Morgan fingerprint density at radius 3 is 2.50 bits per heavy atom. The second kappa shape index (κ2) is 3.94. The van der Waals surface area contributed by atoms with Crippen LogP contribution in [0.2, 0.25) is 0 Å². The van der Waals surface area contributed by atoms with Gasteiger partial charge >= 0.3 is 0 Å². The fourth-order valence-electron chi connectivity index (χ4n) is 0.784. The van der Waals surface area contributed by atoms with Crippen LogP contribution in [-0.2, 0) is 0 Å². The van der Waals surface area contributed by atoms with Crippen molar-refractivity contribution < 1.29 is 5.11 Å². The molecule has 1 aromatic carbocycles. The van der Waals surface area contributed by atoms with Gasteiger partial charge < -0.3 is 10.8 Å². The van der Waals surface area contributed by atoms with Gasteiger partial charge in [0.15, 0.2) is 0 Å². The molecule has 66 valence electrons. The van der Waals surface area contributed by atoms with E-state index in [1.54, 1.807) is 6.92 Å². The van der Waals surface area contributed by atoms with E-state index in [0.717, 1.165) is 4.90 Å². The monoisotopic (exact) mass is 183 g/mol. The molecule has 0 aliphatic heterocycles. The SMILES string of the molecule is CC(O)(CN)Sc1ccccc1. The lowest BCUT2D eigenvalue weighted by molar-refractivity contribution is 0.167. The molecule has 0 bridgehead atoms. The summed E-state index contributed by atoms with van der Waals surface area (Å²) in [5, 5.41) is 9.61. The van der Waals surface area contributed by atoms with Crippen LogP contribution >= 0.6 is 11.8 Å². The molecule has 0 amide bonds. The van der Waals surface area contributed by atoms with Gasteiger partial charge in [-0.2, -0.15) is 0 Å². The molecule has 0 saturated heterocycles. The maximum Gasteiger partial charge on any atom is 0.124 e. The average Bonchev–Trinajstić information content (AvgIpc) is 2.06. The number of rotatable bonds is 3. The van der Waals surface area contributed by atoms with Crippen LogP contribution in [0.4, 0.5) is 0 Å². The van der Waals surface area contributed by atoms with Crippen molar-refractivity contribution in [2.45, 2.75) is 16.8 Å². The summed E-state index contributed by atoms with van der Waals surface area (Å²) >= 11 is 1.38. The van der Waals surface area contributed by atoms with E-state index in [4.69, 9.17) is 5.73 Å². The first kappa shape index (κ1) is 9.58. The molecule has 1 aromatic rings. The van der Waals surface area contributed by atoms with Crippen molar-refractivity contribution in [2.75, 3.05) is 6.54 Å². The fraction of sp³-hybridized carbons (Fsp3) is 0.333. The van der Waals surface area contributed by atoms with Crippen LogP contribution in [0.3, 0.4) is 0 Å². The predicted molar refractivity (Wildman–Crippen MR) is 52.0 cm³/mol. The molecular formula is C9H13NOS. The standard InChI is InChI=1S/C9H13NOS/c1-9(11,7-10)12-8-5-3-2-4-6-8/h2-6,11H,7,10H2,1H3. The first-order chi connectivity index (χ1) is 5.64. The van der Waals surface area contributed by atoms with Crippen LogP contribution in [0.5, 0.6) is 0 Å². The molecule has 3 N–H and O–H groups in total. The predicted octanol–water partition coefficient (Wildman–Crippen LogP) is 1.45. The molecule has 3 heteroatoms. The van der Waals surface area contributed by atoms with Crippen LogP contribution in [0, 0.1) is 0 Å². The molecule has 1 unspecified atom stereocenters. The lowest BCUT2D eigenvalue weighted by Crippen LogP contribution is -2.29. The average molecular weight is 183 g/mol. The molecule has 2 nitrogen and oxygen atoms in total. The Labute approximate surface area is 76.8 Å². The molecule has 0 saturated carbocycles. The Morgan fingerprint density at radius 1 is 1.42 bits per heavy atom. The normalized spacial score (nSPS) is 15.6. The third-order valence-electron chi connectivity index (χ3n) is 1.46. The van der Waals surface area contributed by atoms with Crippen molar-refractivity contribution in [3.63, 3.8) is 0 Å². The summed E-state index contributed by atoms with van der Waals surface area (Å²) in [4.78, 5) is 0.175. The molecular weight excluding hydrogens is 170 g/mol. The maximum absolute atomic E-state index is 9.61. The highest BCUT2D eigenvalue weighted by Crippen LogP contribution is 2.28. The summed E-state index contributed by atoms with van der Waals surface area (Å²) in [6, 6.07) is 9.73. The number of nitrogens with two attached hydrogens (primary N) is 1. The fourth-order valence-corrected chi connectivity index (χ4v) is 1.67. The Hall–Kier alpha value is -0.510. The molecule has 12 heavy (non-hydrogen) atoms. The second-order valence-corrected chi connectivity index (χ2v) is 4.35. The Balaban J connectivity index is 2.64. The van der Waals surface area contributed by atoms with Crippen LogP contribution in [-0.4, -0.2) is 16.6 Å². The van der Waals surface area contributed by atoms with Gasteiger partial charge in [-0.15, -0.1) is 0 Å². The maximum atomic E-state index is 9.61. The van der Waals surface area contributed by atoms with Gasteiger partial charge in [-0.3, -0.25) is 0 Å². The van der Waals surface area contributed by atoms with Crippen molar-refractivity contribution in [1.82, 2.24) is 0 Å². The lowest BCUT2D eigenvalue weighted by Gasteiger charge is -2.19. The van der Waals surface area contributed by atoms with E-state index in [1.165, 1.54) is 11.8 Å². The first-order valence-electron chi connectivity index (χ1n) is 3.80. The molecule has 1 atom stereocenters. The second-order valence-electron chi connectivity index (χ2n) is 2.79. The minimum absolute atomic E-state index is 0.257. The zero-order chi connectivity index (χ0) is 9.03. The number of hydrogen-bond acceptors (Lipinski definition) is 3. The van der Waals surface area contributed by atoms with E-state index in [2.05, 4.69) is 0 Å². The zero-order valence-corrected chi connectivity index (χ0v) is 7.84. The van der Waals surface area contributed by atoms with E-state index in [1.807, 2.05) is 30.3 Å². The molecule has 0 radical (unpaired) electrons. The lowest BCUT2D eigenvalue weighted by atomic mass is 10.4. The molecule has 0 spiro atoms.